The van der Waals surface area contributed by atoms with Gasteiger partial charge in [0.25, 0.3) is 0 Å². The van der Waals surface area contributed by atoms with Crippen molar-refractivity contribution in [1.29, 1.82) is 0 Å². The Kier molecular flexibility index (Phi) is 4.40. The van der Waals surface area contributed by atoms with Crippen LogP contribution >= 0.6 is 11.6 Å². The summed E-state index contributed by atoms with van der Waals surface area (Å²) >= 11 is 6.30. The highest BCUT2D eigenvalue weighted by Crippen LogP contribution is 2.27. The number of hydrogen-bond acceptors (Lipinski definition) is 2. The predicted molar refractivity (Wildman–Crippen MR) is 84.4 cm³/mol. The SMILES string of the molecule is CCOC(C)(C)Cn1c(C(C)Cl)nc2cc(C)ccc21. The van der Waals surface area contributed by atoms with Crippen molar-refractivity contribution in [2.45, 2.75) is 52.1 Å². The summed E-state index contributed by atoms with van der Waals surface area (Å²) in [6.07, 6.45) is 0. The van der Waals surface area contributed by atoms with Gasteiger partial charge >= 0.3 is 0 Å². The molecule has 2 rings (SSSR count). The number of aromatic nitrogens is 2. The maximum atomic E-state index is 6.30. The molecule has 0 aliphatic carbocycles. The van der Waals surface area contributed by atoms with Crippen molar-refractivity contribution < 1.29 is 4.74 Å². The normalized spacial score (nSPS) is 13.9. The first-order valence-corrected chi connectivity index (χ1v) is 7.52. The van der Waals surface area contributed by atoms with E-state index in [9.17, 15) is 0 Å². The van der Waals surface area contributed by atoms with Crippen LogP contribution in [0.15, 0.2) is 18.2 Å². The summed E-state index contributed by atoms with van der Waals surface area (Å²) in [7, 11) is 0. The smallest absolute Gasteiger partial charge is 0.127 e. The fraction of sp³-hybridized carbons (Fsp3) is 0.562. The Labute approximate surface area is 125 Å². The van der Waals surface area contributed by atoms with Crippen molar-refractivity contribution in [3.63, 3.8) is 0 Å². The molecule has 0 bridgehead atoms. The van der Waals surface area contributed by atoms with Crippen LogP contribution in [0.2, 0.25) is 0 Å². The quantitative estimate of drug-likeness (QED) is 0.761. The van der Waals surface area contributed by atoms with Gasteiger partial charge in [0.1, 0.15) is 5.82 Å². The van der Waals surface area contributed by atoms with Gasteiger partial charge in [0.2, 0.25) is 0 Å². The number of fused-ring (bicyclic) bond motifs is 1. The van der Waals surface area contributed by atoms with Crippen molar-refractivity contribution >= 4 is 22.6 Å². The number of rotatable bonds is 5. The summed E-state index contributed by atoms with van der Waals surface area (Å²) < 4.78 is 8.00. The lowest BCUT2D eigenvalue weighted by molar-refractivity contribution is -0.0221. The topological polar surface area (TPSA) is 27.1 Å². The minimum Gasteiger partial charge on any atom is -0.374 e. The van der Waals surface area contributed by atoms with Crippen LogP contribution in [0.25, 0.3) is 11.0 Å². The summed E-state index contributed by atoms with van der Waals surface area (Å²) in [4.78, 5) is 4.69. The van der Waals surface area contributed by atoms with E-state index in [1.54, 1.807) is 0 Å². The Hall–Kier alpha value is -1.06. The van der Waals surface area contributed by atoms with Gasteiger partial charge in [-0.25, -0.2) is 4.98 Å². The maximum absolute atomic E-state index is 6.30. The Morgan fingerprint density at radius 1 is 1.40 bits per heavy atom. The van der Waals surface area contributed by atoms with Gasteiger partial charge in [0.05, 0.1) is 28.6 Å². The monoisotopic (exact) mass is 294 g/mol. The molecule has 0 aliphatic rings. The summed E-state index contributed by atoms with van der Waals surface area (Å²) in [6.45, 7) is 11.7. The summed E-state index contributed by atoms with van der Waals surface area (Å²) in [5.74, 6) is 0.903. The first-order valence-electron chi connectivity index (χ1n) is 7.09. The lowest BCUT2D eigenvalue weighted by atomic mass is 10.1. The molecule has 20 heavy (non-hydrogen) atoms. The van der Waals surface area contributed by atoms with Gasteiger partial charge in [0.15, 0.2) is 0 Å². The van der Waals surface area contributed by atoms with Crippen molar-refractivity contribution in [3.8, 4) is 0 Å². The molecule has 1 aromatic carbocycles. The minimum atomic E-state index is -0.242. The number of alkyl halides is 1. The second-order valence-electron chi connectivity index (χ2n) is 5.86. The highest BCUT2D eigenvalue weighted by molar-refractivity contribution is 6.20. The molecule has 0 saturated heterocycles. The molecular weight excluding hydrogens is 272 g/mol. The zero-order chi connectivity index (χ0) is 14.9. The van der Waals surface area contributed by atoms with Crippen LogP contribution in [-0.4, -0.2) is 21.8 Å². The third-order valence-electron chi connectivity index (χ3n) is 3.36. The molecule has 2 aromatic rings. The van der Waals surface area contributed by atoms with Crippen LogP contribution in [0.4, 0.5) is 0 Å². The maximum Gasteiger partial charge on any atom is 0.127 e. The first-order chi connectivity index (χ1) is 9.34. The second-order valence-corrected chi connectivity index (χ2v) is 6.51. The van der Waals surface area contributed by atoms with E-state index in [0.29, 0.717) is 6.61 Å². The van der Waals surface area contributed by atoms with E-state index in [1.165, 1.54) is 5.56 Å². The van der Waals surface area contributed by atoms with Gasteiger partial charge in [-0.15, -0.1) is 11.6 Å². The van der Waals surface area contributed by atoms with Gasteiger partial charge in [-0.05, 0) is 52.3 Å². The fourth-order valence-electron chi connectivity index (χ4n) is 2.55. The van der Waals surface area contributed by atoms with Gasteiger partial charge in [-0.2, -0.15) is 0 Å². The zero-order valence-electron chi connectivity index (χ0n) is 12.9. The third-order valence-corrected chi connectivity index (χ3v) is 3.56. The van der Waals surface area contributed by atoms with Crippen molar-refractivity contribution in [2.24, 2.45) is 0 Å². The Morgan fingerprint density at radius 3 is 2.70 bits per heavy atom. The average molecular weight is 295 g/mol. The molecule has 1 aromatic heterocycles. The number of nitrogens with zero attached hydrogens (tertiary/aromatic N) is 2. The zero-order valence-corrected chi connectivity index (χ0v) is 13.7. The van der Waals surface area contributed by atoms with E-state index >= 15 is 0 Å². The molecule has 1 atom stereocenters. The van der Waals surface area contributed by atoms with E-state index < -0.39 is 0 Å². The lowest BCUT2D eigenvalue weighted by Gasteiger charge is -2.26. The highest BCUT2D eigenvalue weighted by atomic mass is 35.5. The molecule has 0 amide bonds. The third kappa shape index (κ3) is 3.15. The number of benzene rings is 1. The first kappa shape index (κ1) is 15.3. The number of imidazole rings is 1. The molecule has 0 saturated carbocycles. The highest BCUT2D eigenvalue weighted by Gasteiger charge is 2.23. The molecule has 0 spiro atoms. The molecule has 0 radical (unpaired) electrons. The summed E-state index contributed by atoms with van der Waals surface area (Å²) in [6, 6.07) is 6.32. The lowest BCUT2D eigenvalue weighted by Crippen LogP contribution is -2.31. The van der Waals surface area contributed by atoms with Crippen molar-refractivity contribution in [2.75, 3.05) is 6.61 Å². The average Bonchev–Trinajstić information content (AvgIpc) is 2.66. The van der Waals surface area contributed by atoms with Crippen LogP contribution in [-0.2, 0) is 11.3 Å². The Balaban J connectivity index is 2.51. The van der Waals surface area contributed by atoms with Gasteiger partial charge in [0, 0.05) is 6.61 Å². The van der Waals surface area contributed by atoms with Crippen LogP contribution in [0.5, 0.6) is 0 Å². The molecule has 3 nitrogen and oxygen atoms in total. The summed E-state index contributed by atoms with van der Waals surface area (Å²) in [5, 5.41) is -0.125. The molecule has 110 valence electrons. The van der Waals surface area contributed by atoms with E-state index in [4.69, 9.17) is 21.3 Å². The largest absolute Gasteiger partial charge is 0.374 e. The van der Waals surface area contributed by atoms with Gasteiger partial charge < -0.3 is 9.30 Å². The standard InChI is InChI=1S/C16H23ClN2O/c1-6-20-16(4,5)10-19-14-8-7-11(2)9-13(14)18-15(19)12(3)17/h7-9,12H,6,10H2,1-5H3. The predicted octanol–water partition coefficient (Wildman–Crippen LogP) is 4.46. The Bertz CT molecular complexity index is 602. The van der Waals surface area contributed by atoms with Crippen LogP contribution in [0.3, 0.4) is 0 Å². The van der Waals surface area contributed by atoms with Gasteiger partial charge in [-0.3, -0.25) is 0 Å². The number of aryl methyl sites for hydroxylation is 1. The van der Waals surface area contributed by atoms with E-state index in [-0.39, 0.29) is 11.0 Å². The number of hydrogen-bond donors (Lipinski definition) is 0. The van der Waals surface area contributed by atoms with Crippen molar-refractivity contribution in [3.05, 3.63) is 29.6 Å². The van der Waals surface area contributed by atoms with E-state index in [1.807, 2.05) is 13.8 Å². The molecule has 0 aliphatic heterocycles. The van der Waals surface area contributed by atoms with E-state index in [0.717, 1.165) is 23.4 Å². The van der Waals surface area contributed by atoms with Crippen LogP contribution in [0.1, 0.15) is 44.5 Å². The molecule has 0 N–H and O–H groups in total. The molecular formula is C16H23ClN2O. The van der Waals surface area contributed by atoms with Crippen molar-refractivity contribution in [1.82, 2.24) is 9.55 Å². The van der Waals surface area contributed by atoms with Crippen LogP contribution < -0.4 is 0 Å². The fourth-order valence-corrected chi connectivity index (χ4v) is 2.71. The summed E-state index contributed by atoms with van der Waals surface area (Å²) in [5.41, 5.74) is 3.08. The number of halogens is 1. The van der Waals surface area contributed by atoms with Gasteiger partial charge in [-0.1, -0.05) is 6.07 Å². The molecule has 4 heteroatoms. The molecule has 1 unspecified atom stereocenters. The Morgan fingerprint density at radius 2 is 2.10 bits per heavy atom. The number of ether oxygens (including phenoxy) is 1. The van der Waals surface area contributed by atoms with Crippen LogP contribution in [0, 0.1) is 6.92 Å². The minimum absolute atomic E-state index is 0.125. The van der Waals surface area contributed by atoms with E-state index in [2.05, 4.69) is 43.5 Å². The second kappa shape index (κ2) is 5.74. The molecule has 1 heterocycles. The molecule has 0 fully saturated rings.